The van der Waals surface area contributed by atoms with Gasteiger partial charge in [0.15, 0.2) is 11.5 Å². The van der Waals surface area contributed by atoms with Crippen molar-refractivity contribution in [2.75, 3.05) is 38.6 Å². The van der Waals surface area contributed by atoms with Crippen molar-refractivity contribution in [2.45, 2.75) is 6.42 Å². The van der Waals surface area contributed by atoms with Crippen LogP contribution in [0.5, 0.6) is 11.5 Å². The Morgan fingerprint density at radius 3 is 2.87 bits per heavy atom. The summed E-state index contributed by atoms with van der Waals surface area (Å²) < 4.78 is 16.0. The zero-order valence-corrected chi connectivity index (χ0v) is 13.9. The van der Waals surface area contributed by atoms with E-state index in [2.05, 4.69) is 15.5 Å². The number of rotatable bonds is 9. The minimum Gasteiger partial charge on any atom is -0.493 e. The number of hydrogen-bond acceptors (Lipinski definition) is 8. The van der Waals surface area contributed by atoms with E-state index in [9.17, 15) is 0 Å². The third-order valence-corrected chi connectivity index (χ3v) is 3.60. The van der Waals surface area contributed by atoms with Crippen molar-refractivity contribution in [1.29, 1.82) is 0 Å². The molecule has 124 valence electrons. The van der Waals surface area contributed by atoms with E-state index < -0.39 is 0 Å². The summed E-state index contributed by atoms with van der Waals surface area (Å²) in [7, 11) is 3.28. The van der Waals surface area contributed by atoms with Crippen molar-refractivity contribution in [3.8, 4) is 11.5 Å². The molecule has 7 nitrogen and oxygen atoms in total. The van der Waals surface area contributed by atoms with Gasteiger partial charge in [-0.1, -0.05) is 0 Å². The average Bonchev–Trinajstić information content (AvgIpc) is 2.97. The average molecular weight is 336 g/mol. The summed E-state index contributed by atoms with van der Waals surface area (Å²) in [5.41, 5.74) is 9.26. The van der Waals surface area contributed by atoms with Crippen LogP contribution in [-0.4, -0.2) is 38.6 Å². The Labute approximate surface area is 139 Å². The maximum atomic E-state index is 5.72. The first-order valence-corrected chi connectivity index (χ1v) is 7.90. The fraction of sp³-hybridized carbons (Fsp3) is 0.333. The molecule has 2 aromatic rings. The molecule has 8 heteroatoms. The van der Waals surface area contributed by atoms with Gasteiger partial charge in [-0.2, -0.15) is 5.10 Å². The van der Waals surface area contributed by atoms with Gasteiger partial charge in [0.25, 0.3) is 0 Å². The number of nitrogens with zero attached hydrogens (tertiary/aromatic N) is 2. The first-order chi connectivity index (χ1) is 11.2. The first kappa shape index (κ1) is 17.0. The highest BCUT2D eigenvalue weighted by atomic mass is 32.1. The normalized spacial score (nSPS) is 10.9. The summed E-state index contributed by atoms with van der Waals surface area (Å²) in [6.07, 6.45) is 2.49. The molecule has 0 saturated carbocycles. The highest BCUT2D eigenvalue weighted by molar-refractivity contribution is 7.14. The molecule has 0 bridgehead atoms. The highest BCUT2D eigenvalue weighted by Crippen LogP contribution is 2.27. The van der Waals surface area contributed by atoms with Gasteiger partial charge in [-0.3, -0.25) is 5.43 Å². The number of aromatic nitrogens is 1. The highest BCUT2D eigenvalue weighted by Gasteiger charge is 2.05. The summed E-state index contributed by atoms with van der Waals surface area (Å²) in [5.74, 6) is 1.83. The SMILES string of the molecule is COCCCOc1cc(C=NNc2nc(N)cs2)ccc1OC. The Morgan fingerprint density at radius 2 is 2.17 bits per heavy atom. The number of anilines is 2. The number of hydrazone groups is 1. The van der Waals surface area contributed by atoms with Gasteiger partial charge in [0, 0.05) is 25.5 Å². The minimum atomic E-state index is 0.476. The van der Waals surface area contributed by atoms with Gasteiger partial charge in [0.1, 0.15) is 5.82 Å². The van der Waals surface area contributed by atoms with Gasteiger partial charge in [-0.25, -0.2) is 4.98 Å². The van der Waals surface area contributed by atoms with E-state index in [0.717, 1.165) is 12.0 Å². The lowest BCUT2D eigenvalue weighted by Crippen LogP contribution is -2.03. The molecule has 0 spiro atoms. The summed E-state index contributed by atoms with van der Waals surface area (Å²) >= 11 is 1.39. The minimum absolute atomic E-state index is 0.476. The predicted molar refractivity (Wildman–Crippen MR) is 92.7 cm³/mol. The van der Waals surface area contributed by atoms with Crippen molar-refractivity contribution in [3.63, 3.8) is 0 Å². The largest absolute Gasteiger partial charge is 0.493 e. The molecule has 0 radical (unpaired) electrons. The van der Waals surface area contributed by atoms with Crippen LogP contribution in [0.25, 0.3) is 0 Å². The molecule has 1 aromatic heterocycles. The van der Waals surface area contributed by atoms with Crippen LogP contribution in [0.2, 0.25) is 0 Å². The van der Waals surface area contributed by atoms with Gasteiger partial charge in [-0.15, -0.1) is 11.3 Å². The van der Waals surface area contributed by atoms with Crippen LogP contribution in [0.4, 0.5) is 10.9 Å². The number of nitrogens with one attached hydrogen (secondary N) is 1. The second-order valence-corrected chi connectivity index (χ2v) is 5.41. The van der Waals surface area contributed by atoms with Crippen LogP contribution in [0, 0.1) is 0 Å². The lowest BCUT2D eigenvalue weighted by Gasteiger charge is -2.11. The Kier molecular flexibility index (Phi) is 6.64. The third kappa shape index (κ3) is 5.42. The van der Waals surface area contributed by atoms with Crippen molar-refractivity contribution < 1.29 is 14.2 Å². The summed E-state index contributed by atoms with van der Waals surface area (Å²) in [6.45, 7) is 1.21. The fourth-order valence-corrected chi connectivity index (χ4v) is 2.32. The van der Waals surface area contributed by atoms with Crippen molar-refractivity contribution in [1.82, 2.24) is 4.98 Å². The van der Waals surface area contributed by atoms with E-state index in [1.165, 1.54) is 11.3 Å². The number of hydrogen-bond donors (Lipinski definition) is 2. The molecular weight excluding hydrogens is 316 g/mol. The number of thiazole rings is 1. The lowest BCUT2D eigenvalue weighted by atomic mass is 10.2. The Balaban J connectivity index is 1.98. The fourth-order valence-electron chi connectivity index (χ4n) is 1.77. The second kappa shape index (κ2) is 8.96. The molecule has 0 atom stereocenters. The number of nitrogens with two attached hydrogens (primary N) is 1. The molecule has 23 heavy (non-hydrogen) atoms. The molecule has 2 rings (SSSR count). The molecule has 3 N–H and O–H groups in total. The topological polar surface area (TPSA) is 91.0 Å². The maximum Gasteiger partial charge on any atom is 0.205 e. The van der Waals surface area contributed by atoms with Crippen LogP contribution >= 0.6 is 11.3 Å². The zero-order valence-electron chi connectivity index (χ0n) is 13.1. The monoisotopic (exact) mass is 336 g/mol. The number of methoxy groups -OCH3 is 2. The van der Waals surface area contributed by atoms with E-state index >= 15 is 0 Å². The van der Waals surface area contributed by atoms with Crippen LogP contribution < -0.4 is 20.6 Å². The van der Waals surface area contributed by atoms with E-state index in [1.54, 1.807) is 25.8 Å². The quantitative estimate of drug-likeness (QED) is 0.415. The smallest absolute Gasteiger partial charge is 0.205 e. The van der Waals surface area contributed by atoms with E-state index in [1.807, 2.05) is 18.2 Å². The first-order valence-electron chi connectivity index (χ1n) is 7.03. The van der Waals surface area contributed by atoms with Gasteiger partial charge in [0.05, 0.1) is 19.9 Å². The standard InChI is InChI=1S/C15H20N4O3S/c1-20-6-3-7-22-13-8-11(4-5-12(13)21-2)9-17-19-15-18-14(16)10-23-15/h4-5,8-10H,3,6-7,16H2,1-2H3,(H,18,19). The van der Waals surface area contributed by atoms with Crippen LogP contribution in [0.3, 0.4) is 0 Å². The molecular formula is C15H20N4O3S. The number of ether oxygens (including phenoxy) is 3. The van der Waals surface area contributed by atoms with Crippen LogP contribution in [-0.2, 0) is 4.74 Å². The van der Waals surface area contributed by atoms with Crippen molar-refractivity contribution in [2.24, 2.45) is 5.10 Å². The molecule has 0 aliphatic rings. The Bertz CT molecular complexity index is 645. The number of nitrogen functional groups attached to an aromatic ring is 1. The molecule has 1 aromatic carbocycles. The molecule has 0 fully saturated rings. The zero-order chi connectivity index (χ0) is 16.5. The van der Waals surface area contributed by atoms with E-state index in [-0.39, 0.29) is 0 Å². The Morgan fingerprint density at radius 1 is 1.30 bits per heavy atom. The predicted octanol–water partition coefficient (Wildman–Crippen LogP) is 2.60. The number of benzene rings is 1. The summed E-state index contributed by atoms with van der Waals surface area (Å²) in [5, 5.41) is 6.52. The van der Waals surface area contributed by atoms with Crippen LogP contribution in [0.15, 0.2) is 28.7 Å². The summed E-state index contributed by atoms with van der Waals surface area (Å²) in [4.78, 5) is 4.06. The van der Waals surface area contributed by atoms with Crippen LogP contribution in [0.1, 0.15) is 12.0 Å². The van der Waals surface area contributed by atoms with Gasteiger partial charge < -0.3 is 19.9 Å². The van der Waals surface area contributed by atoms with Crippen molar-refractivity contribution in [3.05, 3.63) is 29.1 Å². The third-order valence-electron chi connectivity index (χ3n) is 2.83. The van der Waals surface area contributed by atoms with E-state index in [0.29, 0.717) is 35.7 Å². The molecule has 1 heterocycles. The molecule has 0 amide bonds. The lowest BCUT2D eigenvalue weighted by molar-refractivity contribution is 0.170. The molecule has 0 aliphatic heterocycles. The Hall–Kier alpha value is -2.32. The maximum absolute atomic E-state index is 5.72. The van der Waals surface area contributed by atoms with Gasteiger partial charge >= 0.3 is 0 Å². The van der Waals surface area contributed by atoms with Gasteiger partial charge in [0.2, 0.25) is 5.13 Å². The van der Waals surface area contributed by atoms with Gasteiger partial charge in [-0.05, 0) is 23.8 Å². The molecule has 0 saturated heterocycles. The van der Waals surface area contributed by atoms with E-state index in [4.69, 9.17) is 19.9 Å². The van der Waals surface area contributed by atoms with Crippen molar-refractivity contribution >= 4 is 28.5 Å². The second-order valence-electron chi connectivity index (χ2n) is 4.55. The summed E-state index contributed by atoms with van der Waals surface area (Å²) in [6, 6.07) is 5.60. The molecule has 0 aliphatic carbocycles. The molecule has 0 unspecified atom stereocenters.